The van der Waals surface area contributed by atoms with Crippen molar-refractivity contribution in [1.29, 1.82) is 0 Å². The summed E-state index contributed by atoms with van der Waals surface area (Å²) in [5.41, 5.74) is 0. The van der Waals surface area contributed by atoms with E-state index in [2.05, 4.69) is 15.9 Å². The van der Waals surface area contributed by atoms with Crippen LogP contribution in [0.5, 0.6) is 0 Å². The molecule has 0 amide bonds. The summed E-state index contributed by atoms with van der Waals surface area (Å²) in [6.07, 6.45) is 0. The first-order chi connectivity index (χ1) is 8.17. The Hall–Kier alpha value is -0.990. The maximum absolute atomic E-state index is 13.6. The fourth-order valence-electron chi connectivity index (χ4n) is 1.20. The van der Waals surface area contributed by atoms with Crippen LogP contribution in [0.2, 0.25) is 0 Å². The maximum atomic E-state index is 13.6. The lowest BCUT2D eigenvalue weighted by Gasteiger charge is -2.21. The van der Waals surface area contributed by atoms with Gasteiger partial charge < -0.3 is 5.11 Å². The first-order valence-corrected chi connectivity index (χ1v) is 7.07. The summed E-state index contributed by atoms with van der Waals surface area (Å²) in [5, 5.41) is 8.77. The van der Waals surface area contributed by atoms with Gasteiger partial charge >= 0.3 is 5.97 Å². The quantitative estimate of drug-likeness (QED) is 0.905. The Morgan fingerprint density at radius 1 is 1.50 bits per heavy atom. The number of carboxylic acid groups (broad SMARTS) is 1. The Morgan fingerprint density at radius 2 is 2.06 bits per heavy atom. The van der Waals surface area contributed by atoms with Gasteiger partial charge in [-0.3, -0.25) is 4.79 Å². The van der Waals surface area contributed by atoms with Gasteiger partial charge in [-0.05, 0) is 25.1 Å². The Bertz CT molecular complexity index is 575. The van der Waals surface area contributed by atoms with Gasteiger partial charge in [0.2, 0.25) is 10.0 Å². The highest BCUT2D eigenvalue weighted by Crippen LogP contribution is 2.23. The molecule has 0 heterocycles. The Kier molecular flexibility index (Phi) is 4.46. The number of hydrogen-bond donors (Lipinski definition) is 1. The van der Waals surface area contributed by atoms with Crippen LogP contribution in [0, 0.1) is 5.82 Å². The number of halogens is 2. The van der Waals surface area contributed by atoms with Crippen molar-refractivity contribution in [3.8, 4) is 0 Å². The van der Waals surface area contributed by atoms with Gasteiger partial charge in [-0.15, -0.1) is 0 Å². The Balaban J connectivity index is 3.25. The van der Waals surface area contributed by atoms with Crippen LogP contribution in [0.4, 0.5) is 4.39 Å². The average molecular weight is 340 g/mol. The minimum atomic E-state index is -4.17. The van der Waals surface area contributed by atoms with Gasteiger partial charge in [-0.25, -0.2) is 12.8 Å². The van der Waals surface area contributed by atoms with Crippen molar-refractivity contribution in [1.82, 2.24) is 4.31 Å². The van der Waals surface area contributed by atoms with E-state index in [0.717, 1.165) is 19.2 Å². The van der Waals surface area contributed by atoms with E-state index in [0.29, 0.717) is 8.78 Å². The van der Waals surface area contributed by atoms with E-state index in [1.807, 2.05) is 0 Å². The summed E-state index contributed by atoms with van der Waals surface area (Å²) in [6, 6.07) is 2.18. The molecule has 18 heavy (non-hydrogen) atoms. The van der Waals surface area contributed by atoms with Crippen molar-refractivity contribution < 1.29 is 22.7 Å². The van der Waals surface area contributed by atoms with Gasteiger partial charge in [0.05, 0.1) is 0 Å². The SMILES string of the molecule is CC(C(=O)O)N(C)S(=O)(=O)c1ccc(Br)cc1F. The van der Waals surface area contributed by atoms with Gasteiger partial charge in [0.15, 0.2) is 0 Å². The molecule has 5 nitrogen and oxygen atoms in total. The van der Waals surface area contributed by atoms with E-state index in [1.54, 1.807) is 0 Å². The highest BCUT2D eigenvalue weighted by atomic mass is 79.9. The lowest BCUT2D eigenvalue weighted by atomic mass is 10.3. The minimum Gasteiger partial charge on any atom is -0.480 e. The molecule has 0 spiro atoms. The van der Waals surface area contributed by atoms with E-state index >= 15 is 0 Å². The minimum absolute atomic E-state index is 0.396. The molecule has 8 heteroatoms. The van der Waals surface area contributed by atoms with Crippen LogP contribution in [-0.4, -0.2) is 36.9 Å². The second kappa shape index (κ2) is 5.33. The monoisotopic (exact) mass is 339 g/mol. The van der Waals surface area contributed by atoms with Crippen LogP contribution in [0.15, 0.2) is 27.6 Å². The Morgan fingerprint density at radius 3 is 2.50 bits per heavy atom. The zero-order chi connectivity index (χ0) is 14.1. The van der Waals surface area contributed by atoms with Crippen molar-refractivity contribution in [3.05, 3.63) is 28.5 Å². The van der Waals surface area contributed by atoms with Gasteiger partial charge in [-0.1, -0.05) is 15.9 Å². The molecule has 1 aromatic rings. The van der Waals surface area contributed by atoms with Gasteiger partial charge in [-0.2, -0.15) is 4.31 Å². The van der Waals surface area contributed by atoms with E-state index in [-0.39, 0.29) is 0 Å². The molecule has 100 valence electrons. The first-order valence-electron chi connectivity index (χ1n) is 4.84. The Labute approximate surface area is 112 Å². The normalized spacial score (nSPS) is 13.6. The second-order valence-corrected chi connectivity index (χ2v) is 6.49. The van der Waals surface area contributed by atoms with Crippen molar-refractivity contribution in [2.45, 2.75) is 17.9 Å². The summed E-state index contributed by atoms with van der Waals surface area (Å²) in [7, 11) is -3.08. The standard InChI is InChI=1S/C10H11BrFNO4S/c1-6(10(14)15)13(2)18(16,17)9-4-3-7(11)5-8(9)12/h3-6H,1-2H3,(H,14,15). The molecule has 0 aliphatic rings. The molecule has 0 fully saturated rings. The number of aliphatic carboxylic acids is 1. The van der Waals surface area contributed by atoms with Crippen molar-refractivity contribution >= 4 is 31.9 Å². The maximum Gasteiger partial charge on any atom is 0.321 e. The fourth-order valence-corrected chi connectivity index (χ4v) is 2.90. The lowest BCUT2D eigenvalue weighted by Crippen LogP contribution is -2.40. The van der Waals surface area contributed by atoms with Crippen LogP contribution in [-0.2, 0) is 14.8 Å². The molecule has 1 atom stereocenters. The third-order valence-electron chi connectivity index (χ3n) is 2.45. The van der Waals surface area contributed by atoms with E-state index in [4.69, 9.17) is 5.11 Å². The fraction of sp³-hybridized carbons (Fsp3) is 0.300. The molecular weight excluding hydrogens is 329 g/mol. The molecule has 0 saturated heterocycles. The predicted molar refractivity (Wildman–Crippen MR) is 66.1 cm³/mol. The first kappa shape index (κ1) is 15.1. The third kappa shape index (κ3) is 2.88. The van der Waals surface area contributed by atoms with Crippen molar-refractivity contribution in [3.63, 3.8) is 0 Å². The number of carbonyl (C=O) groups is 1. The number of likely N-dealkylation sites (N-methyl/N-ethyl adjacent to an activating group) is 1. The smallest absolute Gasteiger partial charge is 0.321 e. The van der Waals surface area contributed by atoms with Crippen LogP contribution < -0.4 is 0 Å². The summed E-state index contributed by atoms with van der Waals surface area (Å²) in [6.45, 7) is 1.21. The number of benzene rings is 1. The highest BCUT2D eigenvalue weighted by molar-refractivity contribution is 9.10. The molecule has 0 aliphatic carbocycles. The molecule has 0 aliphatic heterocycles. The number of nitrogens with zero attached hydrogens (tertiary/aromatic N) is 1. The topological polar surface area (TPSA) is 74.7 Å². The molecule has 0 aromatic heterocycles. The number of rotatable bonds is 4. The zero-order valence-electron chi connectivity index (χ0n) is 9.59. The van der Waals surface area contributed by atoms with Crippen molar-refractivity contribution in [2.75, 3.05) is 7.05 Å². The van der Waals surface area contributed by atoms with Crippen LogP contribution in [0.3, 0.4) is 0 Å². The van der Waals surface area contributed by atoms with Gasteiger partial charge in [0.25, 0.3) is 0 Å². The van der Waals surface area contributed by atoms with Crippen molar-refractivity contribution in [2.24, 2.45) is 0 Å². The van der Waals surface area contributed by atoms with Crippen LogP contribution in [0.1, 0.15) is 6.92 Å². The highest BCUT2D eigenvalue weighted by Gasteiger charge is 2.31. The van der Waals surface area contributed by atoms with Gasteiger partial charge in [0, 0.05) is 11.5 Å². The summed E-state index contributed by atoms with van der Waals surface area (Å²) < 4.78 is 38.6. The largest absolute Gasteiger partial charge is 0.480 e. The van der Waals surface area contributed by atoms with E-state index < -0.39 is 32.7 Å². The summed E-state index contributed by atoms with van der Waals surface area (Å²) >= 11 is 3.01. The molecule has 0 saturated carbocycles. The zero-order valence-corrected chi connectivity index (χ0v) is 12.0. The molecule has 1 rings (SSSR count). The van der Waals surface area contributed by atoms with E-state index in [1.165, 1.54) is 13.0 Å². The summed E-state index contributed by atoms with van der Waals surface area (Å²) in [4.78, 5) is 10.2. The predicted octanol–water partition coefficient (Wildman–Crippen LogP) is 1.68. The second-order valence-electron chi connectivity index (χ2n) is 3.61. The summed E-state index contributed by atoms with van der Waals surface area (Å²) in [5.74, 6) is -2.24. The molecular formula is C10H11BrFNO4S. The van der Waals surface area contributed by atoms with E-state index in [9.17, 15) is 17.6 Å². The number of sulfonamides is 1. The lowest BCUT2D eigenvalue weighted by molar-refractivity contribution is -0.140. The van der Waals surface area contributed by atoms with Crippen LogP contribution >= 0.6 is 15.9 Å². The number of hydrogen-bond acceptors (Lipinski definition) is 3. The molecule has 1 N–H and O–H groups in total. The molecule has 0 radical (unpaired) electrons. The average Bonchev–Trinajstić information content (AvgIpc) is 2.26. The molecule has 1 unspecified atom stereocenters. The van der Waals surface area contributed by atoms with Gasteiger partial charge in [0.1, 0.15) is 16.8 Å². The third-order valence-corrected chi connectivity index (χ3v) is 4.91. The van der Waals surface area contributed by atoms with Crippen LogP contribution in [0.25, 0.3) is 0 Å². The number of carboxylic acids is 1. The molecule has 0 bridgehead atoms. The molecule has 1 aromatic carbocycles.